The summed E-state index contributed by atoms with van der Waals surface area (Å²) in [5.41, 5.74) is 0. The molecule has 6 nitrogen and oxygen atoms in total. The monoisotopic (exact) mass is 284 g/mol. The Morgan fingerprint density at radius 2 is 2.15 bits per heavy atom. The van der Waals surface area contributed by atoms with Gasteiger partial charge < -0.3 is 15.2 Å². The zero-order chi connectivity index (χ0) is 14.5. The number of ether oxygens (including phenoxy) is 1. The van der Waals surface area contributed by atoms with E-state index in [-0.39, 0.29) is 18.0 Å². The van der Waals surface area contributed by atoms with E-state index in [1.807, 2.05) is 0 Å². The van der Waals surface area contributed by atoms with E-state index in [0.29, 0.717) is 37.8 Å². The second-order valence-corrected chi connectivity index (χ2v) is 5.79. The van der Waals surface area contributed by atoms with Crippen LogP contribution in [0.3, 0.4) is 0 Å². The lowest BCUT2D eigenvalue weighted by Gasteiger charge is -2.17. The van der Waals surface area contributed by atoms with Gasteiger partial charge in [-0.3, -0.25) is 14.5 Å². The predicted octanol–water partition coefficient (Wildman–Crippen LogP) is -0.241. The molecule has 2 rings (SSSR count). The van der Waals surface area contributed by atoms with Crippen LogP contribution >= 0.6 is 0 Å². The molecule has 0 aromatic heterocycles. The molecule has 20 heavy (non-hydrogen) atoms. The maximum Gasteiger partial charge on any atom is 0.305 e. The second kappa shape index (κ2) is 7.04. The van der Waals surface area contributed by atoms with Gasteiger partial charge >= 0.3 is 5.97 Å². The summed E-state index contributed by atoms with van der Waals surface area (Å²) in [7, 11) is 1.36. The van der Waals surface area contributed by atoms with Crippen LogP contribution in [0, 0.1) is 11.8 Å². The number of aliphatic hydroxyl groups is 1. The van der Waals surface area contributed by atoms with Gasteiger partial charge in [-0.25, -0.2) is 0 Å². The molecule has 0 radical (unpaired) electrons. The van der Waals surface area contributed by atoms with E-state index in [9.17, 15) is 14.7 Å². The average Bonchev–Trinajstić information content (AvgIpc) is 2.96. The Balaban J connectivity index is 1.60. The number of hydrogen-bond acceptors (Lipinski definition) is 5. The number of methoxy groups -OCH3 is 1. The minimum absolute atomic E-state index is 0.00988. The molecule has 114 valence electrons. The molecule has 1 saturated heterocycles. The van der Waals surface area contributed by atoms with Crippen molar-refractivity contribution in [3.63, 3.8) is 0 Å². The summed E-state index contributed by atoms with van der Waals surface area (Å²) in [6, 6.07) is 0. The van der Waals surface area contributed by atoms with Crippen LogP contribution < -0.4 is 5.32 Å². The highest BCUT2D eigenvalue weighted by atomic mass is 16.5. The van der Waals surface area contributed by atoms with Crippen molar-refractivity contribution < 1.29 is 19.4 Å². The number of esters is 1. The fraction of sp³-hybridized carbons (Fsp3) is 0.857. The summed E-state index contributed by atoms with van der Waals surface area (Å²) in [6.45, 7) is 2.62. The minimum atomic E-state index is -0.249. The van der Waals surface area contributed by atoms with Crippen molar-refractivity contribution in [2.45, 2.75) is 31.8 Å². The van der Waals surface area contributed by atoms with E-state index < -0.39 is 0 Å². The Labute approximate surface area is 119 Å². The molecule has 1 aliphatic heterocycles. The van der Waals surface area contributed by atoms with Gasteiger partial charge in [0.15, 0.2) is 0 Å². The van der Waals surface area contributed by atoms with Gasteiger partial charge in [-0.05, 0) is 25.2 Å². The zero-order valence-electron chi connectivity index (χ0n) is 12.0. The molecule has 0 aromatic carbocycles. The highest BCUT2D eigenvalue weighted by Crippen LogP contribution is 2.37. The number of nitrogens with one attached hydrogen (secondary N) is 1. The normalized spacial score (nSPS) is 29.2. The molecule has 3 atom stereocenters. The lowest BCUT2D eigenvalue weighted by atomic mass is 10.00. The molecule has 2 fully saturated rings. The molecular weight excluding hydrogens is 260 g/mol. The summed E-state index contributed by atoms with van der Waals surface area (Å²) in [4.78, 5) is 24.8. The number of amides is 1. The molecule has 0 spiro atoms. The molecule has 3 unspecified atom stereocenters. The van der Waals surface area contributed by atoms with Crippen LogP contribution in [-0.4, -0.2) is 61.3 Å². The van der Waals surface area contributed by atoms with Crippen molar-refractivity contribution in [2.75, 3.05) is 33.3 Å². The van der Waals surface area contributed by atoms with Crippen LogP contribution in [-0.2, 0) is 14.3 Å². The zero-order valence-corrected chi connectivity index (χ0v) is 12.0. The van der Waals surface area contributed by atoms with Crippen molar-refractivity contribution in [3.8, 4) is 0 Å². The third-order valence-corrected chi connectivity index (χ3v) is 4.37. The van der Waals surface area contributed by atoms with Crippen LogP contribution in [0.1, 0.15) is 25.7 Å². The molecule has 1 heterocycles. The number of aliphatic hydroxyl groups excluding tert-OH is 1. The van der Waals surface area contributed by atoms with E-state index in [1.54, 1.807) is 0 Å². The number of rotatable bonds is 6. The molecule has 0 aromatic rings. The first kappa shape index (κ1) is 15.3. The molecule has 6 heteroatoms. The first-order valence-corrected chi connectivity index (χ1v) is 7.34. The van der Waals surface area contributed by atoms with Crippen molar-refractivity contribution >= 4 is 11.9 Å². The summed E-state index contributed by atoms with van der Waals surface area (Å²) in [6.07, 6.45) is 2.72. The van der Waals surface area contributed by atoms with Gasteiger partial charge in [0.2, 0.25) is 5.91 Å². The Bertz CT molecular complexity index is 361. The topological polar surface area (TPSA) is 78.9 Å². The van der Waals surface area contributed by atoms with Gasteiger partial charge in [0, 0.05) is 32.0 Å². The number of carbonyl (C=O) groups excluding carboxylic acids is 2. The maximum absolute atomic E-state index is 11.8. The summed E-state index contributed by atoms with van der Waals surface area (Å²) >= 11 is 0. The van der Waals surface area contributed by atoms with Gasteiger partial charge in [0.25, 0.3) is 0 Å². The van der Waals surface area contributed by atoms with E-state index in [4.69, 9.17) is 0 Å². The molecule has 0 bridgehead atoms. The third-order valence-electron chi connectivity index (χ3n) is 4.37. The van der Waals surface area contributed by atoms with Crippen molar-refractivity contribution in [3.05, 3.63) is 0 Å². The molecule has 2 aliphatic rings. The quantitative estimate of drug-likeness (QED) is 0.520. The lowest BCUT2D eigenvalue weighted by Crippen LogP contribution is -2.37. The van der Waals surface area contributed by atoms with Crippen molar-refractivity contribution in [1.29, 1.82) is 0 Å². The SMILES string of the molecule is COC(=O)CCCNC(=O)CN1CC2CCC(O)C2C1. The third kappa shape index (κ3) is 3.93. The number of nitrogens with zero attached hydrogens (tertiary/aromatic N) is 1. The molecule has 1 aliphatic carbocycles. The second-order valence-electron chi connectivity index (χ2n) is 5.79. The molecular formula is C14H24N2O4. The van der Waals surface area contributed by atoms with Crippen molar-refractivity contribution in [2.24, 2.45) is 11.8 Å². The predicted molar refractivity (Wildman–Crippen MR) is 72.9 cm³/mol. The fourth-order valence-corrected chi connectivity index (χ4v) is 3.28. The largest absolute Gasteiger partial charge is 0.469 e. The Kier molecular flexibility index (Phi) is 5.37. The van der Waals surface area contributed by atoms with E-state index in [0.717, 1.165) is 25.9 Å². The van der Waals surface area contributed by atoms with Gasteiger partial charge in [-0.1, -0.05) is 0 Å². The Hall–Kier alpha value is -1.14. The fourth-order valence-electron chi connectivity index (χ4n) is 3.28. The number of likely N-dealkylation sites (tertiary alicyclic amines) is 1. The van der Waals surface area contributed by atoms with Gasteiger partial charge in [0.05, 0.1) is 19.8 Å². The van der Waals surface area contributed by atoms with Gasteiger partial charge in [-0.2, -0.15) is 0 Å². The lowest BCUT2D eigenvalue weighted by molar-refractivity contribution is -0.140. The number of hydrogen-bond donors (Lipinski definition) is 2. The van der Waals surface area contributed by atoms with E-state index in [2.05, 4.69) is 15.0 Å². The highest BCUT2D eigenvalue weighted by molar-refractivity contribution is 5.78. The van der Waals surface area contributed by atoms with Crippen LogP contribution in [0.5, 0.6) is 0 Å². The minimum Gasteiger partial charge on any atom is -0.469 e. The van der Waals surface area contributed by atoms with Crippen LogP contribution in [0.4, 0.5) is 0 Å². The molecule has 1 saturated carbocycles. The van der Waals surface area contributed by atoms with Gasteiger partial charge in [0.1, 0.15) is 0 Å². The summed E-state index contributed by atoms with van der Waals surface area (Å²) < 4.78 is 4.53. The summed E-state index contributed by atoms with van der Waals surface area (Å²) in [5, 5.41) is 12.6. The van der Waals surface area contributed by atoms with E-state index >= 15 is 0 Å². The Morgan fingerprint density at radius 3 is 2.85 bits per heavy atom. The smallest absolute Gasteiger partial charge is 0.305 e. The van der Waals surface area contributed by atoms with E-state index in [1.165, 1.54) is 7.11 Å². The van der Waals surface area contributed by atoms with Crippen LogP contribution in [0.2, 0.25) is 0 Å². The van der Waals surface area contributed by atoms with Crippen LogP contribution in [0.25, 0.3) is 0 Å². The number of fused-ring (bicyclic) bond motifs is 1. The molecule has 2 N–H and O–H groups in total. The summed E-state index contributed by atoms with van der Waals surface area (Å²) in [5.74, 6) is 0.643. The highest BCUT2D eigenvalue weighted by Gasteiger charge is 2.41. The maximum atomic E-state index is 11.8. The average molecular weight is 284 g/mol. The van der Waals surface area contributed by atoms with Gasteiger partial charge in [-0.15, -0.1) is 0 Å². The van der Waals surface area contributed by atoms with Crippen molar-refractivity contribution in [1.82, 2.24) is 10.2 Å². The first-order chi connectivity index (χ1) is 9.60. The van der Waals surface area contributed by atoms with Crippen LogP contribution in [0.15, 0.2) is 0 Å². The first-order valence-electron chi connectivity index (χ1n) is 7.34. The molecule has 1 amide bonds. The Morgan fingerprint density at radius 1 is 1.35 bits per heavy atom. The number of carbonyl (C=O) groups is 2. The standard InChI is InChI=1S/C14H24N2O4/c1-20-14(19)3-2-6-15-13(18)9-16-7-10-4-5-12(17)11(10)8-16/h10-12,17H,2-9H2,1H3,(H,15,18).